The van der Waals surface area contributed by atoms with Crippen LogP contribution in [0.5, 0.6) is 0 Å². The number of rotatable bonds is 3. The molecule has 1 heterocycles. The van der Waals surface area contributed by atoms with Crippen LogP contribution in [-0.2, 0) is 5.54 Å². The van der Waals surface area contributed by atoms with Crippen LogP contribution in [0.2, 0.25) is 0 Å². The molecule has 0 amide bonds. The summed E-state index contributed by atoms with van der Waals surface area (Å²) in [5.41, 5.74) is 7.33. The first-order chi connectivity index (χ1) is 8.42. The van der Waals surface area contributed by atoms with Gasteiger partial charge in [0.25, 0.3) is 0 Å². The van der Waals surface area contributed by atoms with Gasteiger partial charge in [-0.05, 0) is 41.8 Å². The summed E-state index contributed by atoms with van der Waals surface area (Å²) in [5, 5.41) is 0. The van der Waals surface area contributed by atoms with Crippen molar-refractivity contribution >= 4 is 32.9 Å². The van der Waals surface area contributed by atoms with Gasteiger partial charge in [0.2, 0.25) is 5.95 Å². The number of nitrogen functional groups attached to an aromatic ring is 1. The molecule has 0 radical (unpaired) electrons. The molecule has 1 aromatic heterocycles. The summed E-state index contributed by atoms with van der Waals surface area (Å²) in [5.74, 6) is 0.145. The number of hydrogen-bond acceptors (Lipinski definition) is 2. The number of imidazole rings is 1. The Hall–Kier alpha value is -1.10. The van der Waals surface area contributed by atoms with Gasteiger partial charge in [0.05, 0.1) is 15.5 Å². The molecule has 2 aromatic rings. The molecule has 0 unspecified atom stereocenters. The molecule has 0 saturated heterocycles. The van der Waals surface area contributed by atoms with E-state index in [1.165, 1.54) is 6.07 Å². The number of benzene rings is 1. The van der Waals surface area contributed by atoms with Gasteiger partial charge in [-0.3, -0.25) is 0 Å². The van der Waals surface area contributed by atoms with Gasteiger partial charge in [-0.2, -0.15) is 0 Å². The van der Waals surface area contributed by atoms with Gasteiger partial charge in [0.1, 0.15) is 5.82 Å². The Morgan fingerprint density at radius 1 is 1.39 bits per heavy atom. The quantitative estimate of drug-likeness (QED) is 0.928. The first kappa shape index (κ1) is 13.3. The molecule has 0 bridgehead atoms. The number of halogens is 2. The van der Waals surface area contributed by atoms with Crippen molar-refractivity contribution in [1.29, 1.82) is 0 Å². The molecule has 0 aliphatic rings. The maximum Gasteiger partial charge on any atom is 0.201 e. The lowest BCUT2D eigenvalue weighted by Crippen LogP contribution is -2.29. The summed E-state index contributed by atoms with van der Waals surface area (Å²) in [6.45, 7) is 6.32. The molecule has 3 nitrogen and oxygen atoms in total. The summed E-state index contributed by atoms with van der Waals surface area (Å²) in [7, 11) is 0. The van der Waals surface area contributed by atoms with E-state index in [2.05, 4.69) is 41.7 Å². The third kappa shape index (κ3) is 1.90. The molecule has 0 spiro atoms. The highest BCUT2D eigenvalue weighted by molar-refractivity contribution is 9.10. The summed E-state index contributed by atoms with van der Waals surface area (Å²) in [6.07, 6.45) is 1.83. The molecule has 0 aliphatic carbocycles. The topological polar surface area (TPSA) is 43.8 Å². The van der Waals surface area contributed by atoms with Crippen LogP contribution < -0.4 is 5.73 Å². The zero-order valence-electron chi connectivity index (χ0n) is 10.8. The molecule has 0 fully saturated rings. The summed E-state index contributed by atoms with van der Waals surface area (Å²) < 4.78 is 16.1. The molecular formula is C13H17BrFN3. The first-order valence-corrected chi connectivity index (χ1v) is 6.85. The standard InChI is InChI=1S/C13H17BrFN3/c1-4-13(3,5-2)18-11-7-9(15)8(14)6-10(11)17-12(18)16/h6-7H,4-5H2,1-3H3,(H2,16,17). The minimum absolute atomic E-state index is 0.140. The Morgan fingerprint density at radius 3 is 2.56 bits per heavy atom. The van der Waals surface area contributed by atoms with Gasteiger partial charge < -0.3 is 10.3 Å². The predicted molar refractivity (Wildman–Crippen MR) is 76.0 cm³/mol. The lowest BCUT2D eigenvalue weighted by atomic mass is 9.95. The Morgan fingerprint density at radius 2 is 2.00 bits per heavy atom. The van der Waals surface area contributed by atoms with E-state index in [0.717, 1.165) is 18.4 Å². The average molecular weight is 314 g/mol. The van der Waals surface area contributed by atoms with E-state index in [1.54, 1.807) is 6.07 Å². The molecule has 18 heavy (non-hydrogen) atoms. The minimum atomic E-state index is -0.293. The van der Waals surface area contributed by atoms with Crippen molar-refractivity contribution in [2.24, 2.45) is 0 Å². The van der Waals surface area contributed by atoms with Crippen LogP contribution in [0, 0.1) is 5.82 Å². The number of fused-ring (bicyclic) bond motifs is 1. The van der Waals surface area contributed by atoms with Gasteiger partial charge in [-0.15, -0.1) is 0 Å². The van der Waals surface area contributed by atoms with Gasteiger partial charge in [0.15, 0.2) is 0 Å². The second-order valence-electron chi connectivity index (χ2n) is 4.76. The van der Waals surface area contributed by atoms with E-state index in [0.29, 0.717) is 15.9 Å². The zero-order chi connectivity index (χ0) is 13.5. The molecule has 98 valence electrons. The molecule has 0 atom stereocenters. The molecular weight excluding hydrogens is 297 g/mol. The minimum Gasteiger partial charge on any atom is -0.369 e. The van der Waals surface area contributed by atoms with Crippen molar-refractivity contribution in [2.75, 3.05) is 5.73 Å². The monoisotopic (exact) mass is 313 g/mol. The highest BCUT2D eigenvalue weighted by atomic mass is 79.9. The predicted octanol–water partition coefficient (Wildman–Crippen LogP) is 4.06. The van der Waals surface area contributed by atoms with Crippen LogP contribution in [0.3, 0.4) is 0 Å². The summed E-state index contributed by atoms with van der Waals surface area (Å²) in [6, 6.07) is 3.16. The normalized spacial score (nSPS) is 12.3. The highest BCUT2D eigenvalue weighted by Crippen LogP contribution is 2.33. The zero-order valence-corrected chi connectivity index (χ0v) is 12.4. The van der Waals surface area contributed by atoms with E-state index in [9.17, 15) is 4.39 Å². The fourth-order valence-corrected chi connectivity index (χ4v) is 2.56. The highest BCUT2D eigenvalue weighted by Gasteiger charge is 2.27. The SMILES string of the molecule is CCC(C)(CC)n1c(N)nc2cc(Br)c(F)cc21. The van der Waals surface area contributed by atoms with E-state index in [4.69, 9.17) is 5.73 Å². The fraction of sp³-hybridized carbons (Fsp3) is 0.462. The largest absolute Gasteiger partial charge is 0.369 e. The molecule has 0 aliphatic heterocycles. The van der Waals surface area contributed by atoms with E-state index in [-0.39, 0.29) is 11.4 Å². The Kier molecular flexibility index (Phi) is 3.36. The third-order valence-electron chi connectivity index (χ3n) is 3.79. The lowest BCUT2D eigenvalue weighted by Gasteiger charge is -2.30. The molecule has 1 aromatic carbocycles. The molecule has 2 rings (SSSR count). The first-order valence-electron chi connectivity index (χ1n) is 6.06. The number of hydrogen-bond donors (Lipinski definition) is 1. The second-order valence-corrected chi connectivity index (χ2v) is 5.62. The Bertz CT molecular complexity index is 587. The van der Waals surface area contributed by atoms with Crippen LogP contribution in [0.4, 0.5) is 10.3 Å². The van der Waals surface area contributed by atoms with Crippen LogP contribution in [-0.4, -0.2) is 9.55 Å². The number of nitrogens with zero attached hydrogens (tertiary/aromatic N) is 2. The lowest BCUT2D eigenvalue weighted by molar-refractivity contribution is 0.307. The van der Waals surface area contributed by atoms with Crippen LogP contribution in [0.1, 0.15) is 33.6 Å². The summed E-state index contributed by atoms with van der Waals surface area (Å²) >= 11 is 3.17. The van der Waals surface area contributed by atoms with E-state index < -0.39 is 0 Å². The van der Waals surface area contributed by atoms with Gasteiger partial charge in [-0.25, -0.2) is 9.37 Å². The summed E-state index contributed by atoms with van der Waals surface area (Å²) in [4.78, 5) is 4.32. The third-order valence-corrected chi connectivity index (χ3v) is 4.39. The van der Waals surface area contributed by atoms with Gasteiger partial charge >= 0.3 is 0 Å². The van der Waals surface area contributed by atoms with Gasteiger partial charge in [-0.1, -0.05) is 13.8 Å². The van der Waals surface area contributed by atoms with Crippen molar-refractivity contribution in [3.63, 3.8) is 0 Å². The van der Waals surface area contributed by atoms with Crippen LogP contribution in [0.15, 0.2) is 16.6 Å². The fourth-order valence-electron chi connectivity index (χ4n) is 2.22. The molecule has 5 heteroatoms. The van der Waals surface area contributed by atoms with Gasteiger partial charge in [0, 0.05) is 11.6 Å². The van der Waals surface area contributed by atoms with Crippen molar-refractivity contribution in [3.8, 4) is 0 Å². The smallest absolute Gasteiger partial charge is 0.201 e. The van der Waals surface area contributed by atoms with Crippen LogP contribution >= 0.6 is 15.9 Å². The second kappa shape index (κ2) is 4.53. The maximum absolute atomic E-state index is 13.7. The van der Waals surface area contributed by atoms with E-state index in [1.807, 2.05) is 4.57 Å². The Balaban J connectivity index is 2.78. The number of nitrogens with two attached hydrogens (primary N) is 1. The van der Waals surface area contributed by atoms with E-state index >= 15 is 0 Å². The van der Waals surface area contributed by atoms with Crippen molar-refractivity contribution < 1.29 is 4.39 Å². The molecule has 0 saturated carbocycles. The van der Waals surface area contributed by atoms with Crippen molar-refractivity contribution in [1.82, 2.24) is 9.55 Å². The average Bonchev–Trinajstić information content (AvgIpc) is 2.65. The van der Waals surface area contributed by atoms with Crippen molar-refractivity contribution in [2.45, 2.75) is 39.2 Å². The van der Waals surface area contributed by atoms with Crippen LogP contribution in [0.25, 0.3) is 11.0 Å². The van der Waals surface area contributed by atoms with Crippen molar-refractivity contribution in [3.05, 3.63) is 22.4 Å². The number of anilines is 1. The Labute approximate surface area is 114 Å². The number of aromatic nitrogens is 2. The maximum atomic E-state index is 13.7. The molecule has 2 N–H and O–H groups in total.